The number of esters is 1. The van der Waals surface area contributed by atoms with Gasteiger partial charge < -0.3 is 30.6 Å². The predicted octanol–water partition coefficient (Wildman–Crippen LogP) is 1.48. The fraction of sp³-hybridized carbons (Fsp3) is 0.476. The number of hydrogen-bond donors (Lipinski definition) is 3. The Balaban J connectivity index is 1.33. The van der Waals surface area contributed by atoms with Crippen molar-refractivity contribution in [3.63, 3.8) is 0 Å². The molecule has 15 nitrogen and oxygen atoms in total. The van der Waals surface area contributed by atoms with Gasteiger partial charge in [-0.1, -0.05) is 0 Å². The molecule has 3 aromatic rings. The third-order valence-corrected chi connectivity index (χ3v) is 7.55. The number of aliphatic hydroxyl groups is 1. The second kappa shape index (κ2) is 9.39. The highest BCUT2D eigenvalue weighted by molar-refractivity contribution is 7.49. The number of nitrogens with zero attached hydrogens (tertiary/aromatic N) is 5. The van der Waals surface area contributed by atoms with E-state index in [0.29, 0.717) is 16.8 Å². The number of alkyl halides is 1. The van der Waals surface area contributed by atoms with Crippen LogP contribution in [0, 0.1) is 6.92 Å². The van der Waals surface area contributed by atoms with E-state index in [1.54, 1.807) is 6.92 Å². The summed E-state index contributed by atoms with van der Waals surface area (Å²) in [5.74, 6) is -0.482. The molecule has 2 aliphatic heterocycles. The van der Waals surface area contributed by atoms with E-state index in [4.69, 9.17) is 34.5 Å². The molecule has 0 bridgehead atoms. The Morgan fingerprint density at radius 1 is 1.37 bits per heavy atom. The molecule has 5 N–H and O–H groups in total. The standard InChI is InChI=1S/C21H25FN7O8P/c1-9-15-12(11(4-25-9)5-33-10(2)30)6-34-38(32,37-15)35-7-13-16(31)21(3,22)19(36-13)29-8-26-14-17(23)27-20(24)28-18(14)29/h4,8,13,16,19,31H,5-7H2,1-3H3,(H4,23,24,27,28)/t13-,16+,19-,21+,38?/m1/s1. The smallest absolute Gasteiger partial charge is 0.461 e. The number of aromatic nitrogens is 5. The van der Waals surface area contributed by atoms with E-state index < -0.39 is 44.5 Å². The highest BCUT2D eigenvalue weighted by Crippen LogP contribution is 2.56. The van der Waals surface area contributed by atoms with Gasteiger partial charge in [-0.3, -0.25) is 23.4 Å². The second-order valence-electron chi connectivity index (χ2n) is 8.98. The van der Waals surface area contributed by atoms with Crippen LogP contribution in [0.2, 0.25) is 0 Å². The van der Waals surface area contributed by atoms with Gasteiger partial charge in [-0.05, 0) is 13.8 Å². The Labute approximate surface area is 214 Å². The second-order valence-corrected chi connectivity index (χ2v) is 10.6. The number of hydrogen-bond acceptors (Lipinski definition) is 14. The van der Waals surface area contributed by atoms with Crippen molar-refractivity contribution < 1.29 is 41.9 Å². The lowest BCUT2D eigenvalue weighted by atomic mass is 9.98. The molecule has 0 saturated carbocycles. The minimum Gasteiger partial charge on any atom is -0.461 e. The number of aryl methyl sites for hydroxylation is 1. The van der Waals surface area contributed by atoms with E-state index in [9.17, 15) is 14.5 Å². The van der Waals surface area contributed by atoms with Crippen LogP contribution in [0.4, 0.5) is 16.2 Å². The van der Waals surface area contributed by atoms with Crippen LogP contribution in [0.3, 0.4) is 0 Å². The summed E-state index contributed by atoms with van der Waals surface area (Å²) in [6.07, 6.45) is -1.65. The number of carbonyl (C=O) groups is 1. The number of fused-ring (bicyclic) bond motifs is 2. The Morgan fingerprint density at radius 3 is 2.87 bits per heavy atom. The summed E-state index contributed by atoms with van der Waals surface area (Å²) in [7, 11) is -4.22. The first-order valence-corrected chi connectivity index (χ1v) is 12.8. The molecule has 0 amide bonds. The van der Waals surface area contributed by atoms with Crippen LogP contribution >= 0.6 is 7.82 Å². The van der Waals surface area contributed by atoms with Gasteiger partial charge in [0, 0.05) is 24.2 Å². The first kappa shape index (κ1) is 26.2. The fourth-order valence-corrected chi connectivity index (χ4v) is 5.51. The first-order chi connectivity index (χ1) is 17.9. The zero-order valence-corrected chi connectivity index (χ0v) is 21.4. The number of imidazole rings is 1. The van der Waals surface area contributed by atoms with Crippen LogP contribution in [-0.4, -0.2) is 60.1 Å². The summed E-state index contributed by atoms with van der Waals surface area (Å²) < 4.78 is 57.3. The van der Waals surface area contributed by atoms with Gasteiger partial charge in [-0.2, -0.15) is 9.97 Å². The van der Waals surface area contributed by atoms with Crippen LogP contribution in [-0.2, 0) is 41.1 Å². The summed E-state index contributed by atoms with van der Waals surface area (Å²) in [4.78, 5) is 27.3. The molecule has 1 saturated heterocycles. The molecular formula is C21H25FN7O8P. The Bertz CT molecular complexity index is 1470. The zero-order chi connectivity index (χ0) is 27.4. The molecule has 204 valence electrons. The highest BCUT2D eigenvalue weighted by atomic mass is 31.2. The van der Waals surface area contributed by atoms with Gasteiger partial charge in [0.25, 0.3) is 0 Å². The summed E-state index contributed by atoms with van der Waals surface area (Å²) in [6.45, 7) is 3.22. The van der Waals surface area contributed by atoms with Crippen LogP contribution < -0.4 is 16.0 Å². The summed E-state index contributed by atoms with van der Waals surface area (Å²) in [5.41, 5.74) is 10.8. The molecule has 0 aromatic carbocycles. The van der Waals surface area contributed by atoms with Crippen molar-refractivity contribution in [2.45, 2.75) is 58.1 Å². The zero-order valence-electron chi connectivity index (χ0n) is 20.5. The molecule has 5 atom stereocenters. The van der Waals surface area contributed by atoms with E-state index in [2.05, 4.69) is 19.9 Å². The van der Waals surface area contributed by atoms with E-state index >= 15 is 4.39 Å². The van der Waals surface area contributed by atoms with E-state index in [-0.39, 0.29) is 41.9 Å². The van der Waals surface area contributed by atoms with Crippen LogP contribution in [0.25, 0.3) is 11.2 Å². The molecule has 17 heteroatoms. The normalized spacial score (nSPS) is 28.7. The topological polar surface area (TPSA) is 209 Å². The number of nitrogen functional groups attached to an aromatic ring is 2. The molecule has 5 heterocycles. The number of rotatable bonds is 6. The van der Waals surface area contributed by atoms with Gasteiger partial charge in [0.15, 0.2) is 29.1 Å². The highest BCUT2D eigenvalue weighted by Gasteiger charge is 2.56. The summed E-state index contributed by atoms with van der Waals surface area (Å²) >= 11 is 0. The average molecular weight is 553 g/mol. The number of phosphoric acid groups is 1. The first-order valence-electron chi connectivity index (χ1n) is 11.4. The fourth-order valence-electron chi connectivity index (χ4n) is 4.25. The van der Waals surface area contributed by atoms with Gasteiger partial charge in [-0.25, -0.2) is 13.9 Å². The lowest BCUT2D eigenvalue weighted by Crippen LogP contribution is -2.40. The van der Waals surface area contributed by atoms with Gasteiger partial charge >= 0.3 is 13.8 Å². The molecule has 0 spiro atoms. The van der Waals surface area contributed by atoms with Crippen molar-refractivity contribution in [3.05, 3.63) is 29.3 Å². The average Bonchev–Trinajstić information content (AvgIpc) is 3.36. The van der Waals surface area contributed by atoms with Gasteiger partial charge in [0.1, 0.15) is 24.3 Å². The number of ether oxygens (including phenoxy) is 2. The van der Waals surface area contributed by atoms with Gasteiger partial charge in [0.2, 0.25) is 5.95 Å². The van der Waals surface area contributed by atoms with Crippen molar-refractivity contribution in [1.29, 1.82) is 0 Å². The lowest BCUT2D eigenvalue weighted by molar-refractivity contribution is -0.142. The molecule has 38 heavy (non-hydrogen) atoms. The molecule has 5 rings (SSSR count). The number of phosphoric ester groups is 1. The molecule has 1 fully saturated rings. The molecule has 0 aliphatic carbocycles. The third-order valence-electron chi connectivity index (χ3n) is 6.24. The molecule has 1 unspecified atom stereocenters. The SMILES string of the molecule is CC(=O)OCc1cnc(C)c2c1COP(=O)(OC[C@H]1O[C@@H](n3cnc4c(N)nc(N)nc43)[C@@](C)(F)[C@H]1O)O2. The number of pyridine rings is 1. The molecular weight excluding hydrogens is 528 g/mol. The number of aliphatic hydroxyl groups excluding tert-OH is 1. The Kier molecular flexibility index (Phi) is 6.47. The van der Waals surface area contributed by atoms with Crippen molar-refractivity contribution in [3.8, 4) is 5.75 Å². The number of anilines is 2. The van der Waals surface area contributed by atoms with E-state index in [1.807, 2.05) is 0 Å². The largest absolute Gasteiger partial charge is 0.530 e. The summed E-state index contributed by atoms with van der Waals surface area (Å²) in [5, 5.41) is 10.7. The Morgan fingerprint density at radius 2 is 2.13 bits per heavy atom. The third kappa shape index (κ3) is 4.54. The van der Waals surface area contributed by atoms with Crippen LogP contribution in [0.1, 0.15) is 36.9 Å². The molecule has 3 aromatic heterocycles. The number of halogens is 1. The van der Waals surface area contributed by atoms with Crippen molar-refractivity contribution in [2.75, 3.05) is 18.1 Å². The summed E-state index contributed by atoms with van der Waals surface area (Å²) in [6, 6.07) is 0. The predicted molar refractivity (Wildman–Crippen MR) is 127 cm³/mol. The van der Waals surface area contributed by atoms with Gasteiger partial charge in [0.05, 0.1) is 25.2 Å². The monoisotopic (exact) mass is 553 g/mol. The minimum atomic E-state index is -4.22. The molecule has 2 aliphatic rings. The maximum atomic E-state index is 15.7. The maximum Gasteiger partial charge on any atom is 0.530 e. The minimum absolute atomic E-state index is 0.00369. The number of carbonyl (C=O) groups excluding carboxylic acids is 1. The van der Waals surface area contributed by atoms with E-state index in [0.717, 1.165) is 6.92 Å². The van der Waals surface area contributed by atoms with Crippen LogP contribution in [0.15, 0.2) is 12.5 Å². The Hall–Kier alpha value is -3.43. The van der Waals surface area contributed by atoms with Gasteiger partial charge in [-0.15, -0.1) is 0 Å². The lowest BCUT2D eigenvalue weighted by Gasteiger charge is -2.28. The van der Waals surface area contributed by atoms with Crippen molar-refractivity contribution in [2.24, 2.45) is 0 Å². The number of nitrogens with two attached hydrogens (primary N) is 2. The van der Waals surface area contributed by atoms with E-state index in [1.165, 1.54) is 24.0 Å². The van der Waals surface area contributed by atoms with Crippen molar-refractivity contribution >= 4 is 36.7 Å². The van der Waals surface area contributed by atoms with Crippen molar-refractivity contribution in [1.82, 2.24) is 24.5 Å². The van der Waals surface area contributed by atoms with Crippen LogP contribution in [0.5, 0.6) is 5.75 Å². The quantitative estimate of drug-likeness (QED) is 0.292. The maximum absolute atomic E-state index is 15.7. The molecule has 0 radical (unpaired) electrons.